The Morgan fingerprint density at radius 1 is 1.71 bits per heavy atom. The normalized spacial score (nSPS) is 38.0. The Morgan fingerprint density at radius 3 is 2.14 bits per heavy atom. The fourth-order valence-corrected chi connectivity index (χ4v) is 0.917. The maximum absolute atomic E-state index is 3.78. The summed E-state index contributed by atoms with van der Waals surface area (Å²) < 4.78 is 2.05. The molecule has 0 bridgehead atoms. The zero-order chi connectivity index (χ0) is 5.44. The largest absolute Gasteiger partial charge is 0.242 e. The standard InChI is InChI=1S/C6H12N/c1-5-4-6(5)7(2)3/h5-6H,2,4H2,1,3H3/q+1. The number of hydrogen-bond donors (Lipinski definition) is 0. The van der Waals surface area contributed by atoms with Crippen molar-refractivity contribution in [3.63, 3.8) is 0 Å². The SMILES string of the molecule is C=[N+](C)C1CC1C. The van der Waals surface area contributed by atoms with Gasteiger partial charge in [-0.1, -0.05) is 6.92 Å². The van der Waals surface area contributed by atoms with E-state index < -0.39 is 0 Å². The van der Waals surface area contributed by atoms with Gasteiger partial charge in [-0.15, -0.1) is 0 Å². The molecule has 0 amide bonds. The highest BCUT2D eigenvalue weighted by Crippen LogP contribution is 2.30. The second kappa shape index (κ2) is 1.32. The average molecular weight is 98.2 g/mol. The Kier molecular flexibility index (Phi) is 0.911. The van der Waals surface area contributed by atoms with E-state index in [2.05, 4.69) is 13.6 Å². The summed E-state index contributed by atoms with van der Waals surface area (Å²) in [7, 11) is 2.04. The van der Waals surface area contributed by atoms with E-state index in [4.69, 9.17) is 0 Å². The van der Waals surface area contributed by atoms with Crippen molar-refractivity contribution in [1.29, 1.82) is 0 Å². The van der Waals surface area contributed by atoms with Gasteiger partial charge in [-0.25, -0.2) is 4.58 Å². The molecule has 0 aromatic rings. The van der Waals surface area contributed by atoms with Crippen molar-refractivity contribution in [2.75, 3.05) is 7.05 Å². The van der Waals surface area contributed by atoms with Crippen LogP contribution >= 0.6 is 0 Å². The van der Waals surface area contributed by atoms with Crippen molar-refractivity contribution >= 4 is 6.72 Å². The van der Waals surface area contributed by atoms with Gasteiger partial charge in [0.1, 0.15) is 13.8 Å². The molecule has 2 atom stereocenters. The number of hydrogen-bond acceptors (Lipinski definition) is 0. The molecule has 0 spiro atoms. The summed E-state index contributed by atoms with van der Waals surface area (Å²) in [5.74, 6) is 0.905. The van der Waals surface area contributed by atoms with Crippen LogP contribution in [0.25, 0.3) is 0 Å². The third-order valence-electron chi connectivity index (χ3n) is 1.63. The maximum Gasteiger partial charge on any atom is 0.155 e. The predicted octanol–water partition coefficient (Wildman–Crippen LogP) is 0.738. The van der Waals surface area contributed by atoms with Crippen LogP contribution in [0, 0.1) is 5.92 Å². The summed E-state index contributed by atoms with van der Waals surface area (Å²) in [6, 6.07) is 0.792. The molecule has 0 aromatic carbocycles. The number of nitrogens with zero attached hydrogens (tertiary/aromatic N) is 1. The smallest absolute Gasteiger partial charge is 0.155 e. The zero-order valence-corrected chi connectivity index (χ0v) is 5.02. The molecular formula is C6H12N+. The summed E-state index contributed by atoms with van der Waals surface area (Å²) in [4.78, 5) is 0. The summed E-state index contributed by atoms with van der Waals surface area (Å²) in [6.07, 6.45) is 1.35. The first-order valence-electron chi connectivity index (χ1n) is 2.75. The minimum atomic E-state index is 0.792. The Morgan fingerprint density at radius 2 is 2.14 bits per heavy atom. The minimum Gasteiger partial charge on any atom is -0.242 e. The second-order valence-electron chi connectivity index (χ2n) is 2.54. The van der Waals surface area contributed by atoms with E-state index in [-0.39, 0.29) is 0 Å². The van der Waals surface area contributed by atoms with Gasteiger partial charge in [0.05, 0.1) is 0 Å². The van der Waals surface area contributed by atoms with Crippen LogP contribution in [0.5, 0.6) is 0 Å². The zero-order valence-electron chi connectivity index (χ0n) is 5.02. The molecule has 0 N–H and O–H groups in total. The number of rotatable bonds is 1. The Hall–Kier alpha value is -0.330. The molecule has 1 aliphatic rings. The lowest BCUT2D eigenvalue weighted by Crippen LogP contribution is -2.05. The van der Waals surface area contributed by atoms with E-state index in [1.165, 1.54) is 6.42 Å². The summed E-state index contributed by atoms with van der Waals surface area (Å²) in [6.45, 7) is 6.04. The van der Waals surface area contributed by atoms with Crippen molar-refractivity contribution in [2.24, 2.45) is 5.92 Å². The monoisotopic (exact) mass is 98.1 g/mol. The van der Waals surface area contributed by atoms with E-state index in [1.54, 1.807) is 0 Å². The average Bonchev–Trinajstić information content (AvgIpc) is 2.17. The van der Waals surface area contributed by atoms with Crippen LogP contribution in [0.4, 0.5) is 0 Å². The predicted molar refractivity (Wildman–Crippen MR) is 30.9 cm³/mol. The van der Waals surface area contributed by atoms with E-state index in [1.807, 2.05) is 11.6 Å². The van der Waals surface area contributed by atoms with Crippen molar-refractivity contribution in [3.8, 4) is 0 Å². The van der Waals surface area contributed by atoms with Crippen molar-refractivity contribution in [2.45, 2.75) is 19.4 Å². The lowest BCUT2D eigenvalue weighted by molar-refractivity contribution is -0.506. The van der Waals surface area contributed by atoms with Gasteiger partial charge in [-0.05, 0) is 0 Å². The molecule has 1 saturated carbocycles. The lowest BCUT2D eigenvalue weighted by Gasteiger charge is -1.84. The lowest BCUT2D eigenvalue weighted by atomic mass is 10.5. The molecule has 0 aromatic heterocycles. The summed E-state index contributed by atoms with van der Waals surface area (Å²) in [5, 5.41) is 0. The van der Waals surface area contributed by atoms with Crippen molar-refractivity contribution in [1.82, 2.24) is 0 Å². The molecule has 1 aliphatic carbocycles. The molecule has 0 saturated heterocycles. The van der Waals surface area contributed by atoms with Gasteiger partial charge in [0.25, 0.3) is 0 Å². The van der Waals surface area contributed by atoms with E-state index in [0.717, 1.165) is 12.0 Å². The van der Waals surface area contributed by atoms with Crippen LogP contribution in [-0.4, -0.2) is 24.4 Å². The van der Waals surface area contributed by atoms with Gasteiger partial charge in [-0.3, -0.25) is 0 Å². The van der Waals surface area contributed by atoms with Gasteiger partial charge >= 0.3 is 0 Å². The van der Waals surface area contributed by atoms with Crippen LogP contribution in [0.3, 0.4) is 0 Å². The van der Waals surface area contributed by atoms with Gasteiger partial charge in [0, 0.05) is 12.3 Å². The molecular weight excluding hydrogens is 86.1 g/mol. The molecule has 0 radical (unpaired) electrons. The fraction of sp³-hybridized carbons (Fsp3) is 0.833. The molecule has 1 nitrogen and oxygen atoms in total. The first-order valence-corrected chi connectivity index (χ1v) is 2.75. The second-order valence-corrected chi connectivity index (χ2v) is 2.54. The van der Waals surface area contributed by atoms with E-state index in [9.17, 15) is 0 Å². The van der Waals surface area contributed by atoms with Gasteiger partial charge < -0.3 is 0 Å². The maximum atomic E-state index is 3.78. The molecule has 2 unspecified atom stereocenters. The topological polar surface area (TPSA) is 3.01 Å². The molecule has 40 valence electrons. The first kappa shape index (κ1) is 4.82. The van der Waals surface area contributed by atoms with Gasteiger partial charge in [0.2, 0.25) is 0 Å². The third-order valence-corrected chi connectivity index (χ3v) is 1.63. The summed E-state index contributed by atoms with van der Waals surface area (Å²) in [5.41, 5.74) is 0. The van der Waals surface area contributed by atoms with Crippen LogP contribution < -0.4 is 0 Å². The van der Waals surface area contributed by atoms with Gasteiger partial charge in [-0.2, -0.15) is 0 Å². The van der Waals surface area contributed by atoms with Crippen molar-refractivity contribution < 1.29 is 4.58 Å². The molecule has 1 heteroatoms. The quantitative estimate of drug-likeness (QED) is 0.336. The highest BCUT2D eigenvalue weighted by Gasteiger charge is 2.40. The van der Waals surface area contributed by atoms with Crippen LogP contribution in [-0.2, 0) is 0 Å². The molecule has 1 fully saturated rings. The Balaban J connectivity index is 2.33. The minimum absolute atomic E-state index is 0.792. The van der Waals surface area contributed by atoms with E-state index >= 15 is 0 Å². The van der Waals surface area contributed by atoms with Crippen molar-refractivity contribution in [3.05, 3.63) is 0 Å². The van der Waals surface area contributed by atoms with Gasteiger partial charge in [0.15, 0.2) is 6.04 Å². The third kappa shape index (κ3) is 0.817. The fourth-order valence-electron chi connectivity index (χ4n) is 0.917. The van der Waals surface area contributed by atoms with Crippen LogP contribution in [0.15, 0.2) is 0 Å². The highest BCUT2D eigenvalue weighted by molar-refractivity contribution is 5.15. The molecule has 0 heterocycles. The Bertz CT molecular complexity index is 96.4. The molecule has 1 rings (SSSR count). The van der Waals surface area contributed by atoms with Crippen LogP contribution in [0.1, 0.15) is 13.3 Å². The summed E-state index contributed by atoms with van der Waals surface area (Å²) >= 11 is 0. The van der Waals surface area contributed by atoms with Crippen LogP contribution in [0.2, 0.25) is 0 Å². The molecule has 0 aliphatic heterocycles. The molecule has 7 heavy (non-hydrogen) atoms. The first-order chi connectivity index (χ1) is 3.22. The van der Waals surface area contributed by atoms with E-state index in [0.29, 0.717) is 0 Å². The highest BCUT2D eigenvalue weighted by atomic mass is 15.0. The Labute approximate surface area is 44.7 Å².